The van der Waals surface area contributed by atoms with Crippen LogP contribution in [0.3, 0.4) is 0 Å². The minimum atomic E-state index is 0.908. The van der Waals surface area contributed by atoms with Crippen LogP contribution in [0.2, 0.25) is 0 Å². The van der Waals surface area contributed by atoms with E-state index in [2.05, 4.69) is 49.4 Å². The summed E-state index contributed by atoms with van der Waals surface area (Å²) >= 11 is 0. The second-order valence-corrected chi connectivity index (χ2v) is 4.43. The zero-order valence-corrected chi connectivity index (χ0v) is 10.3. The van der Waals surface area contributed by atoms with Gasteiger partial charge in [0.1, 0.15) is 5.76 Å². The molecule has 0 spiro atoms. The fourth-order valence-corrected chi connectivity index (χ4v) is 1.99. The summed E-state index contributed by atoms with van der Waals surface area (Å²) in [5.74, 6) is 0.908. The van der Waals surface area contributed by atoms with E-state index in [9.17, 15) is 0 Å². The molecule has 2 aromatic carbocycles. The molecule has 3 aromatic rings. The quantitative estimate of drug-likeness (QED) is 0.613. The Bertz CT molecular complexity index is 633. The van der Waals surface area contributed by atoms with E-state index in [0.29, 0.717) is 0 Å². The molecule has 3 rings (SSSR count). The maximum atomic E-state index is 5.64. The Labute approximate surface area is 107 Å². The summed E-state index contributed by atoms with van der Waals surface area (Å²) in [5.41, 5.74) is 4.68. The molecule has 1 nitrogen and oxygen atoms in total. The average Bonchev–Trinajstić information content (AvgIpc) is 2.90. The smallest absolute Gasteiger partial charge is 0.134 e. The van der Waals surface area contributed by atoms with Crippen molar-refractivity contribution in [3.8, 4) is 22.5 Å². The summed E-state index contributed by atoms with van der Waals surface area (Å²) in [4.78, 5) is 0. The maximum Gasteiger partial charge on any atom is 0.134 e. The topological polar surface area (TPSA) is 13.1 Å². The highest BCUT2D eigenvalue weighted by Gasteiger charge is 2.05. The maximum absolute atomic E-state index is 5.64. The van der Waals surface area contributed by atoms with Crippen molar-refractivity contribution >= 4 is 0 Å². The lowest BCUT2D eigenvalue weighted by atomic mass is 10.1. The lowest BCUT2D eigenvalue weighted by Gasteiger charge is -1.97. The van der Waals surface area contributed by atoms with E-state index < -0.39 is 0 Å². The van der Waals surface area contributed by atoms with E-state index in [-0.39, 0.29) is 0 Å². The molecule has 0 saturated carbocycles. The van der Waals surface area contributed by atoms with E-state index >= 15 is 0 Å². The molecular formula is C17H14O. The van der Waals surface area contributed by atoms with Crippen LogP contribution in [-0.2, 0) is 0 Å². The van der Waals surface area contributed by atoms with Crippen LogP contribution >= 0.6 is 0 Å². The van der Waals surface area contributed by atoms with Crippen molar-refractivity contribution in [2.75, 3.05) is 0 Å². The molecule has 0 atom stereocenters. The molecular weight excluding hydrogens is 220 g/mol. The molecule has 1 aromatic heterocycles. The standard InChI is InChI=1S/C17H14O/c1-13-7-9-14(10-8-13)16-11-17(18-12-16)15-5-3-2-4-6-15/h2-12H,1H3. The summed E-state index contributed by atoms with van der Waals surface area (Å²) < 4.78 is 5.64. The summed E-state index contributed by atoms with van der Waals surface area (Å²) in [5, 5.41) is 0. The summed E-state index contributed by atoms with van der Waals surface area (Å²) in [7, 11) is 0. The molecule has 0 saturated heterocycles. The zero-order chi connectivity index (χ0) is 12.4. The molecule has 0 radical (unpaired) electrons. The van der Waals surface area contributed by atoms with E-state index in [1.807, 2.05) is 24.5 Å². The SMILES string of the molecule is Cc1ccc(-c2coc(-c3ccccc3)c2)cc1. The van der Waals surface area contributed by atoms with Gasteiger partial charge in [0.05, 0.1) is 6.26 Å². The van der Waals surface area contributed by atoms with Gasteiger partial charge in [0.2, 0.25) is 0 Å². The predicted molar refractivity (Wildman–Crippen MR) is 74.3 cm³/mol. The van der Waals surface area contributed by atoms with E-state index in [1.165, 1.54) is 11.1 Å². The molecule has 0 aliphatic rings. The Kier molecular flexibility index (Phi) is 2.73. The highest BCUT2D eigenvalue weighted by molar-refractivity contribution is 5.69. The molecule has 0 N–H and O–H groups in total. The molecule has 0 bridgehead atoms. The molecule has 0 unspecified atom stereocenters. The third-order valence-corrected chi connectivity index (χ3v) is 3.04. The van der Waals surface area contributed by atoms with Crippen LogP contribution in [0.1, 0.15) is 5.56 Å². The Morgan fingerprint density at radius 1 is 0.722 bits per heavy atom. The highest BCUT2D eigenvalue weighted by Crippen LogP contribution is 2.28. The van der Waals surface area contributed by atoms with Crippen LogP contribution in [-0.4, -0.2) is 0 Å². The predicted octanol–water partition coefficient (Wildman–Crippen LogP) is 4.92. The van der Waals surface area contributed by atoms with Crippen LogP contribution < -0.4 is 0 Å². The van der Waals surface area contributed by atoms with Crippen LogP contribution in [0, 0.1) is 6.92 Å². The molecule has 88 valence electrons. The molecule has 18 heavy (non-hydrogen) atoms. The number of benzene rings is 2. The number of aryl methyl sites for hydroxylation is 1. The summed E-state index contributed by atoms with van der Waals surface area (Å²) in [6.07, 6.45) is 1.81. The number of hydrogen-bond donors (Lipinski definition) is 0. The zero-order valence-electron chi connectivity index (χ0n) is 10.3. The minimum absolute atomic E-state index is 0.908. The first kappa shape index (κ1) is 10.8. The third-order valence-electron chi connectivity index (χ3n) is 3.04. The van der Waals surface area contributed by atoms with Crippen molar-refractivity contribution in [2.45, 2.75) is 6.92 Å². The van der Waals surface area contributed by atoms with Gasteiger partial charge in [-0.1, -0.05) is 60.2 Å². The van der Waals surface area contributed by atoms with Gasteiger partial charge in [0.15, 0.2) is 0 Å². The number of hydrogen-bond acceptors (Lipinski definition) is 1. The molecule has 1 heterocycles. The van der Waals surface area contributed by atoms with Gasteiger partial charge in [-0.3, -0.25) is 0 Å². The fraction of sp³-hybridized carbons (Fsp3) is 0.0588. The Balaban J connectivity index is 1.97. The Morgan fingerprint density at radius 2 is 1.44 bits per heavy atom. The first-order valence-electron chi connectivity index (χ1n) is 6.04. The number of rotatable bonds is 2. The normalized spacial score (nSPS) is 10.5. The largest absolute Gasteiger partial charge is 0.464 e. The van der Waals surface area contributed by atoms with E-state index in [0.717, 1.165) is 16.9 Å². The first-order chi connectivity index (χ1) is 8.83. The average molecular weight is 234 g/mol. The molecule has 1 heteroatoms. The van der Waals surface area contributed by atoms with Gasteiger partial charge in [0, 0.05) is 11.1 Å². The lowest BCUT2D eigenvalue weighted by molar-refractivity contribution is 0.583. The van der Waals surface area contributed by atoms with Gasteiger partial charge in [0.25, 0.3) is 0 Å². The van der Waals surface area contributed by atoms with Gasteiger partial charge >= 0.3 is 0 Å². The van der Waals surface area contributed by atoms with Crippen LogP contribution in [0.15, 0.2) is 71.3 Å². The van der Waals surface area contributed by atoms with Gasteiger partial charge in [-0.2, -0.15) is 0 Å². The van der Waals surface area contributed by atoms with Crippen LogP contribution in [0.25, 0.3) is 22.5 Å². The Morgan fingerprint density at radius 3 is 2.17 bits per heavy atom. The summed E-state index contributed by atoms with van der Waals surface area (Å²) in [6.45, 7) is 2.09. The van der Waals surface area contributed by atoms with E-state index in [1.54, 1.807) is 0 Å². The van der Waals surface area contributed by atoms with Crippen molar-refractivity contribution < 1.29 is 4.42 Å². The van der Waals surface area contributed by atoms with E-state index in [4.69, 9.17) is 4.42 Å². The second-order valence-electron chi connectivity index (χ2n) is 4.43. The molecule has 0 amide bonds. The van der Waals surface area contributed by atoms with Crippen LogP contribution in [0.4, 0.5) is 0 Å². The Hall–Kier alpha value is -2.28. The van der Waals surface area contributed by atoms with Crippen molar-refractivity contribution in [1.29, 1.82) is 0 Å². The monoisotopic (exact) mass is 234 g/mol. The van der Waals surface area contributed by atoms with Gasteiger partial charge in [-0.05, 0) is 18.6 Å². The van der Waals surface area contributed by atoms with Gasteiger partial charge < -0.3 is 4.42 Å². The van der Waals surface area contributed by atoms with Gasteiger partial charge in [-0.15, -0.1) is 0 Å². The van der Waals surface area contributed by atoms with Crippen molar-refractivity contribution in [3.63, 3.8) is 0 Å². The fourth-order valence-electron chi connectivity index (χ4n) is 1.99. The first-order valence-corrected chi connectivity index (χ1v) is 6.04. The third kappa shape index (κ3) is 2.07. The second kappa shape index (κ2) is 4.53. The minimum Gasteiger partial charge on any atom is -0.464 e. The van der Waals surface area contributed by atoms with Gasteiger partial charge in [-0.25, -0.2) is 0 Å². The summed E-state index contributed by atoms with van der Waals surface area (Å²) in [6, 6.07) is 20.7. The molecule has 0 aliphatic carbocycles. The molecule has 0 aliphatic heterocycles. The van der Waals surface area contributed by atoms with Crippen LogP contribution in [0.5, 0.6) is 0 Å². The molecule has 0 fully saturated rings. The lowest BCUT2D eigenvalue weighted by Crippen LogP contribution is -1.75. The number of furan rings is 1. The van der Waals surface area contributed by atoms with Crippen molar-refractivity contribution in [1.82, 2.24) is 0 Å². The van der Waals surface area contributed by atoms with Crippen molar-refractivity contribution in [3.05, 3.63) is 72.5 Å². The highest BCUT2D eigenvalue weighted by atomic mass is 16.3. The van der Waals surface area contributed by atoms with Crippen molar-refractivity contribution in [2.24, 2.45) is 0 Å².